The van der Waals surface area contributed by atoms with Crippen LogP contribution in [0.1, 0.15) is 18.9 Å². The number of nitrogens with zero attached hydrogens (tertiary/aromatic N) is 1. The highest BCUT2D eigenvalue weighted by molar-refractivity contribution is 5.18. The predicted octanol–water partition coefficient (Wildman–Crippen LogP) is 2.18. The van der Waals surface area contributed by atoms with Crippen molar-refractivity contribution in [2.45, 2.75) is 26.0 Å². The van der Waals surface area contributed by atoms with Crippen LogP contribution in [0.25, 0.3) is 0 Å². The minimum atomic E-state index is -0.585. The van der Waals surface area contributed by atoms with Crippen molar-refractivity contribution in [1.82, 2.24) is 4.90 Å². The van der Waals surface area contributed by atoms with Gasteiger partial charge in [0, 0.05) is 38.4 Å². The first-order valence-electron chi connectivity index (χ1n) is 6.40. The van der Waals surface area contributed by atoms with E-state index in [9.17, 15) is 13.9 Å². The number of halogens is 2. The summed E-state index contributed by atoms with van der Waals surface area (Å²) < 4.78 is 31.4. The first-order chi connectivity index (χ1) is 9.06. The Kier molecular flexibility index (Phi) is 6.91. The van der Waals surface area contributed by atoms with Crippen molar-refractivity contribution in [2.24, 2.45) is 0 Å². The summed E-state index contributed by atoms with van der Waals surface area (Å²) >= 11 is 0. The average Bonchev–Trinajstić information content (AvgIpc) is 2.38. The Hall–Kier alpha value is -1.04. The molecular weight excluding hydrogens is 252 g/mol. The summed E-state index contributed by atoms with van der Waals surface area (Å²) in [4.78, 5) is 1.90. The second-order valence-corrected chi connectivity index (χ2v) is 4.53. The lowest BCUT2D eigenvalue weighted by Gasteiger charge is -2.24. The SMILES string of the molecule is CCC(O)CN(CCOC)Cc1ccc(F)cc1F. The average molecular weight is 273 g/mol. The van der Waals surface area contributed by atoms with E-state index in [4.69, 9.17) is 4.74 Å². The first-order valence-corrected chi connectivity index (χ1v) is 6.40. The molecule has 1 aromatic rings. The Morgan fingerprint density at radius 3 is 2.68 bits per heavy atom. The van der Waals surface area contributed by atoms with Gasteiger partial charge in [-0.25, -0.2) is 8.78 Å². The number of methoxy groups -OCH3 is 1. The molecule has 0 amide bonds. The predicted molar refractivity (Wildman–Crippen MR) is 69.8 cm³/mol. The van der Waals surface area contributed by atoms with Crippen LogP contribution in [-0.2, 0) is 11.3 Å². The molecule has 1 N–H and O–H groups in total. The smallest absolute Gasteiger partial charge is 0.130 e. The van der Waals surface area contributed by atoms with Gasteiger partial charge in [-0.2, -0.15) is 0 Å². The number of hydrogen-bond acceptors (Lipinski definition) is 3. The Labute approximate surface area is 112 Å². The van der Waals surface area contributed by atoms with Crippen LogP contribution in [0.5, 0.6) is 0 Å². The standard InChI is InChI=1S/C14H21F2NO2/c1-3-13(18)10-17(6-7-19-2)9-11-4-5-12(15)8-14(11)16/h4-5,8,13,18H,3,6-7,9-10H2,1-2H3. The van der Waals surface area contributed by atoms with Crippen LogP contribution in [-0.4, -0.2) is 42.9 Å². The molecule has 0 radical (unpaired) electrons. The van der Waals surface area contributed by atoms with E-state index in [2.05, 4.69) is 0 Å². The Bertz CT molecular complexity index is 388. The second-order valence-electron chi connectivity index (χ2n) is 4.53. The highest BCUT2D eigenvalue weighted by Gasteiger charge is 2.13. The van der Waals surface area contributed by atoms with Crippen LogP contribution in [0, 0.1) is 11.6 Å². The Morgan fingerprint density at radius 2 is 2.11 bits per heavy atom. The monoisotopic (exact) mass is 273 g/mol. The third-order valence-electron chi connectivity index (χ3n) is 2.96. The summed E-state index contributed by atoms with van der Waals surface area (Å²) in [5, 5.41) is 9.68. The molecule has 108 valence electrons. The lowest BCUT2D eigenvalue weighted by Crippen LogP contribution is -2.34. The van der Waals surface area contributed by atoms with Gasteiger partial charge in [0.05, 0.1) is 12.7 Å². The second kappa shape index (κ2) is 8.19. The molecule has 1 unspecified atom stereocenters. The summed E-state index contributed by atoms with van der Waals surface area (Å²) in [5.41, 5.74) is 0.417. The molecule has 0 aliphatic rings. The van der Waals surface area contributed by atoms with E-state index in [0.29, 0.717) is 38.2 Å². The van der Waals surface area contributed by atoms with E-state index in [-0.39, 0.29) is 0 Å². The van der Waals surface area contributed by atoms with Gasteiger partial charge in [-0.15, -0.1) is 0 Å². The van der Waals surface area contributed by atoms with Crippen LogP contribution < -0.4 is 0 Å². The maximum Gasteiger partial charge on any atom is 0.130 e. The van der Waals surface area contributed by atoms with Gasteiger partial charge in [-0.1, -0.05) is 13.0 Å². The fraction of sp³-hybridized carbons (Fsp3) is 0.571. The number of ether oxygens (including phenoxy) is 1. The zero-order valence-electron chi connectivity index (χ0n) is 11.4. The molecule has 5 heteroatoms. The normalized spacial score (nSPS) is 12.9. The molecule has 0 bridgehead atoms. The van der Waals surface area contributed by atoms with E-state index in [1.54, 1.807) is 7.11 Å². The molecule has 0 aromatic heterocycles. The minimum absolute atomic E-state index is 0.326. The van der Waals surface area contributed by atoms with Crippen molar-refractivity contribution in [1.29, 1.82) is 0 Å². The molecule has 0 saturated heterocycles. The van der Waals surface area contributed by atoms with Crippen molar-refractivity contribution in [3.05, 3.63) is 35.4 Å². The number of hydrogen-bond donors (Lipinski definition) is 1. The van der Waals surface area contributed by atoms with Gasteiger partial charge < -0.3 is 9.84 Å². The number of benzene rings is 1. The van der Waals surface area contributed by atoms with Gasteiger partial charge in [-0.3, -0.25) is 4.90 Å². The Morgan fingerprint density at radius 1 is 1.37 bits per heavy atom. The lowest BCUT2D eigenvalue weighted by atomic mass is 10.1. The van der Waals surface area contributed by atoms with Crippen molar-refractivity contribution in [2.75, 3.05) is 26.8 Å². The Balaban J connectivity index is 2.69. The summed E-state index contributed by atoms with van der Waals surface area (Å²) in [6.45, 7) is 3.74. The minimum Gasteiger partial charge on any atom is -0.392 e. The number of aliphatic hydroxyl groups excluding tert-OH is 1. The van der Waals surface area contributed by atoms with Crippen LogP contribution in [0.2, 0.25) is 0 Å². The summed E-state index contributed by atoms with van der Waals surface area (Å²) in [5.74, 6) is -1.15. The number of aliphatic hydroxyl groups is 1. The first kappa shape index (κ1) is 16.0. The molecule has 1 rings (SSSR count). The fourth-order valence-electron chi connectivity index (χ4n) is 1.77. The van der Waals surface area contributed by atoms with Crippen LogP contribution in [0.3, 0.4) is 0 Å². The zero-order valence-corrected chi connectivity index (χ0v) is 11.4. The van der Waals surface area contributed by atoms with E-state index in [1.807, 2.05) is 11.8 Å². The third kappa shape index (κ3) is 5.63. The van der Waals surface area contributed by atoms with Crippen molar-refractivity contribution >= 4 is 0 Å². The molecule has 1 atom stereocenters. The van der Waals surface area contributed by atoms with Crippen LogP contribution in [0.4, 0.5) is 8.78 Å². The van der Waals surface area contributed by atoms with E-state index in [0.717, 1.165) is 6.07 Å². The van der Waals surface area contributed by atoms with Gasteiger partial charge in [0.25, 0.3) is 0 Å². The summed E-state index contributed by atoms with van der Waals surface area (Å²) in [7, 11) is 1.59. The van der Waals surface area contributed by atoms with Crippen molar-refractivity contribution < 1.29 is 18.6 Å². The highest BCUT2D eigenvalue weighted by atomic mass is 19.1. The summed E-state index contributed by atoms with van der Waals surface area (Å²) in [6.07, 6.45) is 0.176. The van der Waals surface area contributed by atoms with Gasteiger partial charge in [0.1, 0.15) is 11.6 Å². The molecule has 19 heavy (non-hydrogen) atoms. The quantitative estimate of drug-likeness (QED) is 0.788. The molecule has 0 saturated carbocycles. The molecule has 0 aliphatic carbocycles. The maximum atomic E-state index is 13.6. The molecule has 0 spiro atoms. The maximum absolute atomic E-state index is 13.6. The van der Waals surface area contributed by atoms with Gasteiger partial charge >= 0.3 is 0 Å². The topological polar surface area (TPSA) is 32.7 Å². The van der Waals surface area contributed by atoms with Gasteiger partial charge in [0.15, 0.2) is 0 Å². The molecule has 0 heterocycles. The van der Waals surface area contributed by atoms with Crippen LogP contribution in [0.15, 0.2) is 18.2 Å². The highest BCUT2D eigenvalue weighted by Crippen LogP contribution is 2.12. The molecular formula is C14H21F2NO2. The lowest BCUT2D eigenvalue weighted by molar-refractivity contribution is 0.0824. The third-order valence-corrected chi connectivity index (χ3v) is 2.96. The zero-order chi connectivity index (χ0) is 14.3. The largest absolute Gasteiger partial charge is 0.392 e. The van der Waals surface area contributed by atoms with E-state index >= 15 is 0 Å². The molecule has 3 nitrogen and oxygen atoms in total. The van der Waals surface area contributed by atoms with Crippen LogP contribution >= 0.6 is 0 Å². The van der Waals surface area contributed by atoms with E-state index < -0.39 is 17.7 Å². The van der Waals surface area contributed by atoms with Crippen molar-refractivity contribution in [3.8, 4) is 0 Å². The van der Waals surface area contributed by atoms with Gasteiger partial charge in [0.2, 0.25) is 0 Å². The summed E-state index contributed by atoms with van der Waals surface area (Å²) in [6, 6.07) is 3.55. The van der Waals surface area contributed by atoms with Crippen molar-refractivity contribution in [3.63, 3.8) is 0 Å². The molecule has 1 aromatic carbocycles. The van der Waals surface area contributed by atoms with Gasteiger partial charge in [-0.05, 0) is 12.5 Å². The number of rotatable bonds is 8. The fourth-order valence-corrected chi connectivity index (χ4v) is 1.77. The molecule has 0 aliphatic heterocycles. The van der Waals surface area contributed by atoms with E-state index in [1.165, 1.54) is 12.1 Å². The molecule has 0 fully saturated rings.